The molecule has 2 heterocycles. The molecular formula is C11H13N7. The number of rotatable bonds is 2. The van der Waals surface area contributed by atoms with Gasteiger partial charge in [-0.3, -0.25) is 0 Å². The van der Waals surface area contributed by atoms with Crippen LogP contribution in [0.25, 0.3) is 0 Å². The average Bonchev–Trinajstić information content (AvgIpc) is 2.99. The zero-order valence-corrected chi connectivity index (χ0v) is 9.64. The Labute approximate surface area is 104 Å². The smallest absolute Gasteiger partial charge is 0.170 e. The van der Waals surface area contributed by atoms with E-state index in [-0.39, 0.29) is 0 Å². The molecule has 92 valence electrons. The van der Waals surface area contributed by atoms with E-state index in [9.17, 15) is 0 Å². The highest BCUT2D eigenvalue weighted by atomic mass is 16.0. The van der Waals surface area contributed by atoms with Gasteiger partial charge in [-0.25, -0.2) is 0 Å². The molecule has 7 nitrogen and oxygen atoms in total. The van der Waals surface area contributed by atoms with Crippen LogP contribution in [-0.2, 0) is 0 Å². The summed E-state index contributed by atoms with van der Waals surface area (Å²) in [5, 5.41) is 12.0. The molecule has 0 atom stereocenters. The molecule has 1 aliphatic heterocycles. The Hall–Kier alpha value is -2.70. The van der Waals surface area contributed by atoms with Crippen molar-refractivity contribution in [3.8, 4) is 0 Å². The highest BCUT2D eigenvalue weighted by Crippen LogP contribution is 2.21. The van der Waals surface area contributed by atoms with Crippen LogP contribution in [0.15, 0.2) is 41.6 Å². The molecule has 18 heavy (non-hydrogen) atoms. The lowest BCUT2D eigenvalue weighted by molar-refractivity contribution is 0.566. The van der Waals surface area contributed by atoms with E-state index >= 15 is 0 Å². The highest BCUT2D eigenvalue weighted by molar-refractivity contribution is 5.71. The first-order chi connectivity index (χ1) is 8.77. The standard InChI is InChI=1S/C11H13N7/c12-10-8-15-18(11(10)13)16-7-6-14-17(16)9-4-2-1-3-5-9/h1-6,8H,7,12-13H2. The fraction of sp³-hybridized carbons (Fsp3) is 0.0909. The maximum atomic E-state index is 5.87. The predicted octanol–water partition coefficient (Wildman–Crippen LogP) is 0.406. The van der Waals surface area contributed by atoms with Crippen molar-refractivity contribution in [1.29, 1.82) is 0 Å². The molecule has 0 aliphatic carbocycles. The van der Waals surface area contributed by atoms with Gasteiger partial charge in [0, 0.05) is 0 Å². The number of nitrogens with zero attached hydrogens (tertiary/aromatic N) is 5. The monoisotopic (exact) mass is 243 g/mol. The number of hydrazone groups is 1. The van der Waals surface area contributed by atoms with Gasteiger partial charge in [0.15, 0.2) is 5.82 Å². The Kier molecular flexibility index (Phi) is 2.30. The number of hydrazine groups is 1. The molecule has 4 N–H and O–H groups in total. The molecule has 0 saturated heterocycles. The first-order valence-corrected chi connectivity index (χ1v) is 5.51. The van der Waals surface area contributed by atoms with Gasteiger partial charge in [-0.1, -0.05) is 18.2 Å². The van der Waals surface area contributed by atoms with Gasteiger partial charge < -0.3 is 11.5 Å². The van der Waals surface area contributed by atoms with Gasteiger partial charge in [0.25, 0.3) is 0 Å². The molecule has 0 amide bonds. The molecule has 0 radical (unpaired) electrons. The third-order valence-corrected chi connectivity index (χ3v) is 2.68. The molecule has 0 spiro atoms. The van der Waals surface area contributed by atoms with Crippen molar-refractivity contribution in [3.05, 3.63) is 36.5 Å². The van der Waals surface area contributed by atoms with Crippen LogP contribution in [-0.4, -0.2) is 22.6 Å². The first-order valence-electron chi connectivity index (χ1n) is 5.51. The number of hydrogen-bond acceptors (Lipinski definition) is 6. The van der Waals surface area contributed by atoms with E-state index in [1.54, 1.807) is 16.5 Å². The van der Waals surface area contributed by atoms with Crippen LogP contribution in [0.2, 0.25) is 0 Å². The van der Waals surface area contributed by atoms with E-state index in [1.165, 1.54) is 11.0 Å². The Morgan fingerprint density at radius 2 is 1.89 bits per heavy atom. The molecule has 2 aromatic rings. The molecule has 7 heteroatoms. The second-order valence-corrected chi connectivity index (χ2v) is 3.85. The van der Waals surface area contributed by atoms with Crippen LogP contribution < -0.4 is 21.7 Å². The maximum Gasteiger partial charge on any atom is 0.170 e. The second kappa shape index (κ2) is 3.95. The summed E-state index contributed by atoms with van der Waals surface area (Å²) in [4.78, 5) is 1.54. The van der Waals surface area contributed by atoms with Gasteiger partial charge >= 0.3 is 0 Å². The van der Waals surface area contributed by atoms with Gasteiger partial charge in [0.1, 0.15) is 0 Å². The minimum absolute atomic E-state index is 0.404. The maximum absolute atomic E-state index is 5.87. The molecule has 3 rings (SSSR count). The van der Waals surface area contributed by atoms with Gasteiger partial charge in [0.2, 0.25) is 0 Å². The largest absolute Gasteiger partial charge is 0.394 e. The highest BCUT2D eigenvalue weighted by Gasteiger charge is 2.22. The van der Waals surface area contributed by atoms with Crippen molar-refractivity contribution in [2.75, 3.05) is 28.2 Å². The van der Waals surface area contributed by atoms with E-state index in [0.29, 0.717) is 18.1 Å². The Morgan fingerprint density at radius 3 is 2.56 bits per heavy atom. The van der Waals surface area contributed by atoms with Crippen LogP contribution >= 0.6 is 0 Å². The van der Waals surface area contributed by atoms with E-state index in [2.05, 4.69) is 10.2 Å². The number of anilines is 3. The topological polar surface area (TPSA) is 88.7 Å². The third-order valence-electron chi connectivity index (χ3n) is 2.68. The number of aromatic nitrogens is 2. The molecule has 1 aromatic heterocycles. The Morgan fingerprint density at radius 1 is 1.11 bits per heavy atom. The van der Waals surface area contributed by atoms with E-state index in [4.69, 9.17) is 11.5 Å². The SMILES string of the molecule is Nc1cnn(N2CC=NN2c2ccccc2)c1N. The summed E-state index contributed by atoms with van der Waals surface area (Å²) in [5.41, 5.74) is 13.0. The van der Waals surface area contributed by atoms with Crippen LogP contribution in [0.5, 0.6) is 0 Å². The molecule has 1 aromatic carbocycles. The van der Waals surface area contributed by atoms with Crippen LogP contribution in [0.3, 0.4) is 0 Å². The summed E-state index contributed by atoms with van der Waals surface area (Å²) in [6.45, 7) is 0.584. The summed E-state index contributed by atoms with van der Waals surface area (Å²) in [6, 6.07) is 9.76. The summed E-state index contributed by atoms with van der Waals surface area (Å²) in [6.07, 6.45) is 3.31. The molecule has 1 aliphatic rings. The van der Waals surface area contributed by atoms with E-state index < -0.39 is 0 Å². The van der Waals surface area contributed by atoms with E-state index in [1.807, 2.05) is 30.3 Å². The zero-order valence-electron chi connectivity index (χ0n) is 9.64. The second-order valence-electron chi connectivity index (χ2n) is 3.85. The minimum atomic E-state index is 0.404. The number of nitrogens with two attached hydrogens (primary N) is 2. The predicted molar refractivity (Wildman–Crippen MR) is 71.5 cm³/mol. The fourth-order valence-corrected chi connectivity index (χ4v) is 1.79. The zero-order chi connectivity index (χ0) is 12.5. The molecule has 0 unspecified atom stereocenters. The van der Waals surface area contributed by atoms with Crippen molar-refractivity contribution >= 4 is 23.4 Å². The van der Waals surface area contributed by atoms with E-state index in [0.717, 1.165) is 5.69 Å². The van der Waals surface area contributed by atoms with Crippen molar-refractivity contribution in [2.24, 2.45) is 5.10 Å². The van der Waals surface area contributed by atoms with Gasteiger partial charge in [-0.05, 0) is 12.1 Å². The fourth-order valence-electron chi connectivity index (χ4n) is 1.79. The number of benzene rings is 1. The minimum Gasteiger partial charge on any atom is -0.394 e. The van der Waals surface area contributed by atoms with Crippen molar-refractivity contribution < 1.29 is 0 Å². The van der Waals surface area contributed by atoms with Crippen molar-refractivity contribution in [2.45, 2.75) is 0 Å². The molecule has 0 bridgehead atoms. The quantitative estimate of drug-likeness (QED) is 0.797. The molecule has 0 fully saturated rings. The molecule has 0 saturated carbocycles. The average molecular weight is 243 g/mol. The van der Waals surface area contributed by atoms with Crippen LogP contribution in [0.4, 0.5) is 17.2 Å². The van der Waals surface area contributed by atoms with Gasteiger partial charge in [-0.2, -0.15) is 20.4 Å². The summed E-state index contributed by atoms with van der Waals surface area (Å²) < 4.78 is 0. The van der Waals surface area contributed by atoms with Crippen molar-refractivity contribution in [1.82, 2.24) is 9.89 Å². The van der Waals surface area contributed by atoms with Crippen molar-refractivity contribution in [3.63, 3.8) is 0 Å². The summed E-state index contributed by atoms with van der Waals surface area (Å²) >= 11 is 0. The lowest BCUT2D eigenvalue weighted by Gasteiger charge is -2.28. The third kappa shape index (κ3) is 1.53. The lowest BCUT2D eigenvalue weighted by atomic mass is 10.3. The van der Waals surface area contributed by atoms with Gasteiger partial charge in [0.05, 0.1) is 30.3 Å². The Bertz CT molecular complexity index is 574. The number of hydrogen-bond donors (Lipinski definition) is 2. The van der Waals surface area contributed by atoms with Crippen LogP contribution in [0, 0.1) is 0 Å². The first kappa shape index (κ1) is 10.5. The summed E-state index contributed by atoms with van der Waals surface area (Å²) in [5.74, 6) is 0.404. The van der Waals surface area contributed by atoms with Crippen LogP contribution in [0.1, 0.15) is 0 Å². The lowest BCUT2D eigenvalue weighted by Crippen LogP contribution is -2.45. The molecular weight excluding hydrogens is 230 g/mol. The number of nitrogen functional groups attached to an aromatic ring is 2. The Balaban J connectivity index is 1.96. The summed E-state index contributed by atoms with van der Waals surface area (Å²) in [7, 11) is 0. The number of para-hydroxylation sites is 1. The normalized spacial score (nSPS) is 14.4. The van der Waals surface area contributed by atoms with Gasteiger partial charge in [-0.15, -0.1) is 4.79 Å².